The van der Waals surface area contributed by atoms with Gasteiger partial charge in [-0.2, -0.15) is 0 Å². The van der Waals surface area contributed by atoms with Gasteiger partial charge in [0.2, 0.25) is 5.91 Å². The molecule has 1 aliphatic heterocycles. The van der Waals surface area contributed by atoms with Gasteiger partial charge in [0.15, 0.2) is 0 Å². The van der Waals surface area contributed by atoms with E-state index < -0.39 is 5.54 Å². The monoisotopic (exact) mass is 369 g/mol. The third-order valence-corrected chi connectivity index (χ3v) is 6.07. The Morgan fingerprint density at radius 3 is 2.50 bits per heavy atom. The Balaban J connectivity index is 1.84. The molecule has 3 nitrogen and oxygen atoms in total. The summed E-state index contributed by atoms with van der Waals surface area (Å²) in [5.41, 5.74) is 2.67. The molecule has 3 rings (SSSR count). The lowest BCUT2D eigenvalue weighted by Crippen LogP contribution is -2.47. The molecule has 138 valence electrons. The quantitative estimate of drug-likeness (QED) is 0.688. The summed E-state index contributed by atoms with van der Waals surface area (Å²) in [7, 11) is 0. The molecule has 0 spiro atoms. The van der Waals surface area contributed by atoms with E-state index in [1.807, 2.05) is 19.1 Å². The number of benzene rings is 1. The molecule has 0 aliphatic carbocycles. The highest BCUT2D eigenvalue weighted by atomic mass is 32.1. The summed E-state index contributed by atoms with van der Waals surface area (Å²) >= 11 is 1.75. The van der Waals surface area contributed by atoms with E-state index in [2.05, 4.69) is 50.4 Å². The van der Waals surface area contributed by atoms with Crippen LogP contribution in [0.1, 0.15) is 55.4 Å². The van der Waals surface area contributed by atoms with E-state index in [4.69, 9.17) is 4.74 Å². The number of amides is 1. The lowest BCUT2D eigenvalue weighted by atomic mass is 9.80. The second kappa shape index (κ2) is 7.67. The topological polar surface area (TPSA) is 38.3 Å². The summed E-state index contributed by atoms with van der Waals surface area (Å²) in [5, 5.41) is 3.20. The number of hydrogen-bond donors (Lipinski definition) is 1. The van der Waals surface area contributed by atoms with Crippen molar-refractivity contribution < 1.29 is 9.53 Å². The first-order chi connectivity index (χ1) is 12.4. The van der Waals surface area contributed by atoms with Gasteiger partial charge in [-0.05, 0) is 62.6 Å². The van der Waals surface area contributed by atoms with E-state index >= 15 is 0 Å². The smallest absolute Gasteiger partial charge is 0.247 e. The van der Waals surface area contributed by atoms with Crippen molar-refractivity contribution in [3.8, 4) is 5.75 Å². The lowest BCUT2D eigenvalue weighted by molar-refractivity contribution is -0.119. The average Bonchev–Trinajstić information content (AvgIpc) is 3.05. The van der Waals surface area contributed by atoms with Crippen LogP contribution in [0.5, 0.6) is 5.75 Å². The van der Waals surface area contributed by atoms with Crippen LogP contribution in [-0.2, 0) is 10.3 Å². The van der Waals surface area contributed by atoms with Crippen LogP contribution in [-0.4, -0.2) is 12.5 Å². The van der Waals surface area contributed by atoms with Crippen LogP contribution in [0.4, 0.5) is 0 Å². The number of carbonyl (C=O) groups is 1. The van der Waals surface area contributed by atoms with Crippen LogP contribution in [0.3, 0.4) is 0 Å². The summed E-state index contributed by atoms with van der Waals surface area (Å²) in [6, 6.07) is 12.4. The molecule has 0 saturated carbocycles. The molecule has 1 aliphatic rings. The van der Waals surface area contributed by atoms with E-state index in [1.165, 1.54) is 9.75 Å². The molecular weight excluding hydrogens is 342 g/mol. The molecule has 0 bridgehead atoms. The van der Waals surface area contributed by atoms with Crippen molar-refractivity contribution in [2.75, 3.05) is 6.61 Å². The molecule has 1 N–H and O–H groups in total. The summed E-state index contributed by atoms with van der Waals surface area (Å²) < 4.78 is 5.76. The average molecular weight is 370 g/mol. The predicted molar refractivity (Wildman–Crippen MR) is 109 cm³/mol. The van der Waals surface area contributed by atoms with E-state index in [0.717, 1.165) is 48.3 Å². The Labute approximate surface area is 160 Å². The summed E-state index contributed by atoms with van der Waals surface area (Å²) in [6.07, 6.45) is 2.97. The standard InChI is InChI=1S/C22H27NO2S/c1-5-6-13-25-18-10-8-17(9-11-18)22(4)14-19(16(3)21(24)23-22)20-12-7-15(2)26-20/h7-12H,5-6,13-14H2,1-4H3,(H,23,24). The number of ether oxygens (including phenoxy) is 1. The Bertz CT molecular complexity index is 819. The highest BCUT2D eigenvalue weighted by Crippen LogP contribution is 2.40. The van der Waals surface area contributed by atoms with Crippen molar-refractivity contribution in [1.82, 2.24) is 5.32 Å². The van der Waals surface area contributed by atoms with Gasteiger partial charge in [-0.3, -0.25) is 4.79 Å². The molecule has 26 heavy (non-hydrogen) atoms. The van der Waals surface area contributed by atoms with Gasteiger partial charge < -0.3 is 10.1 Å². The Kier molecular flexibility index (Phi) is 5.52. The van der Waals surface area contributed by atoms with Gasteiger partial charge in [0.25, 0.3) is 0 Å². The molecule has 4 heteroatoms. The van der Waals surface area contributed by atoms with Crippen LogP contribution in [0.2, 0.25) is 0 Å². The Morgan fingerprint density at radius 1 is 1.15 bits per heavy atom. The third-order valence-electron chi connectivity index (χ3n) is 5.01. The summed E-state index contributed by atoms with van der Waals surface area (Å²) in [5.74, 6) is 0.900. The van der Waals surface area contributed by atoms with Crippen molar-refractivity contribution in [3.05, 3.63) is 57.3 Å². The Hall–Kier alpha value is -2.07. The van der Waals surface area contributed by atoms with Crippen LogP contribution in [0.25, 0.3) is 5.57 Å². The third kappa shape index (κ3) is 3.85. The molecule has 1 unspecified atom stereocenters. The molecule has 0 fully saturated rings. The minimum Gasteiger partial charge on any atom is -0.494 e. The SMILES string of the molecule is CCCCOc1ccc(C2(C)CC(c3ccc(C)s3)=C(C)C(=O)N2)cc1. The number of rotatable bonds is 6. The largest absolute Gasteiger partial charge is 0.494 e. The van der Waals surface area contributed by atoms with Crippen LogP contribution >= 0.6 is 11.3 Å². The van der Waals surface area contributed by atoms with Gasteiger partial charge in [0.05, 0.1) is 12.1 Å². The van der Waals surface area contributed by atoms with E-state index in [9.17, 15) is 4.79 Å². The first kappa shape index (κ1) is 18.7. The number of carbonyl (C=O) groups excluding carboxylic acids is 1. The van der Waals surface area contributed by atoms with Crippen LogP contribution in [0.15, 0.2) is 42.0 Å². The summed E-state index contributed by atoms with van der Waals surface area (Å²) in [6.45, 7) is 9.02. The summed E-state index contributed by atoms with van der Waals surface area (Å²) in [4.78, 5) is 15.1. The van der Waals surface area contributed by atoms with Gasteiger partial charge in [0.1, 0.15) is 5.75 Å². The molecule has 1 amide bonds. The van der Waals surface area contributed by atoms with E-state index in [0.29, 0.717) is 0 Å². The molecule has 1 aromatic carbocycles. The van der Waals surface area contributed by atoms with E-state index in [1.54, 1.807) is 11.3 Å². The molecule has 0 saturated heterocycles. The van der Waals surface area contributed by atoms with Gasteiger partial charge >= 0.3 is 0 Å². The highest BCUT2D eigenvalue weighted by molar-refractivity contribution is 7.13. The number of aryl methyl sites for hydroxylation is 1. The van der Waals surface area contributed by atoms with Gasteiger partial charge in [-0.1, -0.05) is 25.5 Å². The molecule has 2 aromatic rings. The highest BCUT2D eigenvalue weighted by Gasteiger charge is 2.36. The normalized spacial score (nSPS) is 20.2. The van der Waals surface area contributed by atoms with Crippen molar-refractivity contribution in [3.63, 3.8) is 0 Å². The predicted octanol–water partition coefficient (Wildman–Crippen LogP) is 5.44. The minimum atomic E-state index is -0.411. The van der Waals surface area contributed by atoms with Gasteiger partial charge in [0, 0.05) is 21.7 Å². The first-order valence-electron chi connectivity index (χ1n) is 9.25. The zero-order valence-corrected chi connectivity index (χ0v) is 16.8. The van der Waals surface area contributed by atoms with Crippen molar-refractivity contribution in [1.29, 1.82) is 0 Å². The molecule has 2 heterocycles. The number of hydrogen-bond acceptors (Lipinski definition) is 3. The molecular formula is C22H27NO2S. The number of nitrogens with one attached hydrogen (secondary N) is 1. The Morgan fingerprint density at radius 2 is 1.88 bits per heavy atom. The maximum atomic E-state index is 12.6. The second-order valence-electron chi connectivity index (χ2n) is 7.20. The first-order valence-corrected chi connectivity index (χ1v) is 10.1. The number of thiophene rings is 1. The molecule has 1 aromatic heterocycles. The fraction of sp³-hybridized carbons (Fsp3) is 0.409. The second-order valence-corrected chi connectivity index (χ2v) is 8.49. The maximum absolute atomic E-state index is 12.6. The van der Waals surface area contributed by atoms with Crippen LogP contribution in [0, 0.1) is 6.92 Å². The van der Waals surface area contributed by atoms with Crippen molar-refractivity contribution in [2.24, 2.45) is 0 Å². The van der Waals surface area contributed by atoms with Crippen molar-refractivity contribution in [2.45, 2.75) is 52.5 Å². The lowest BCUT2D eigenvalue weighted by Gasteiger charge is -2.37. The minimum absolute atomic E-state index is 0.0167. The van der Waals surface area contributed by atoms with Crippen LogP contribution < -0.4 is 10.1 Å². The van der Waals surface area contributed by atoms with E-state index in [-0.39, 0.29) is 5.91 Å². The zero-order chi connectivity index (χ0) is 18.7. The zero-order valence-electron chi connectivity index (χ0n) is 16.0. The number of unbranched alkanes of at least 4 members (excludes halogenated alkanes) is 1. The van der Waals surface area contributed by atoms with Crippen molar-refractivity contribution >= 4 is 22.8 Å². The molecule has 1 atom stereocenters. The van der Waals surface area contributed by atoms with Gasteiger partial charge in [-0.15, -0.1) is 11.3 Å². The molecule has 0 radical (unpaired) electrons. The van der Waals surface area contributed by atoms with Gasteiger partial charge in [-0.25, -0.2) is 0 Å². The fourth-order valence-electron chi connectivity index (χ4n) is 3.31. The maximum Gasteiger partial charge on any atom is 0.247 e. The fourth-order valence-corrected chi connectivity index (χ4v) is 4.28.